The van der Waals surface area contributed by atoms with Crippen LogP contribution < -0.4 is 15.6 Å². The first-order valence-corrected chi connectivity index (χ1v) is 9.18. The molecule has 0 unspecified atom stereocenters. The van der Waals surface area contributed by atoms with Gasteiger partial charge in [-0.25, -0.2) is 9.53 Å². The van der Waals surface area contributed by atoms with Crippen LogP contribution in [0.15, 0.2) is 35.6 Å². The Morgan fingerprint density at radius 2 is 1.93 bits per heavy atom. The molecule has 3 N–H and O–H groups in total. The molecule has 0 bridgehead atoms. The highest BCUT2D eigenvalue weighted by molar-refractivity contribution is 5.96. The number of nitrogens with zero attached hydrogens (tertiary/aromatic N) is 3. The minimum Gasteiger partial charge on any atom is -0.624 e. The van der Waals surface area contributed by atoms with E-state index in [0.29, 0.717) is 11.4 Å². The highest BCUT2D eigenvalue weighted by Crippen LogP contribution is 2.27. The average Bonchev–Trinajstić information content (AvgIpc) is 2.68. The molecule has 8 heteroatoms. The summed E-state index contributed by atoms with van der Waals surface area (Å²) in [7, 11) is 2.95. The largest absolute Gasteiger partial charge is 0.624 e. The van der Waals surface area contributed by atoms with Crippen LogP contribution in [0.25, 0.3) is 0 Å². The van der Waals surface area contributed by atoms with E-state index in [2.05, 4.69) is 10.5 Å². The van der Waals surface area contributed by atoms with E-state index in [1.807, 2.05) is 45.0 Å². The number of carbonyl (C=O) groups excluding carboxylic acids is 1. The van der Waals surface area contributed by atoms with Crippen molar-refractivity contribution in [3.05, 3.63) is 63.4 Å². The summed E-state index contributed by atoms with van der Waals surface area (Å²) in [4.78, 5) is 12.1. The summed E-state index contributed by atoms with van der Waals surface area (Å²) in [5.41, 5.74) is 11.0. The van der Waals surface area contributed by atoms with Crippen LogP contribution in [0.5, 0.6) is 5.75 Å². The molecule has 0 spiro atoms. The SMILES string of the molecule is C/C(c1cc(C)c(OCc2c(C)cccc2NC(=O)N(C)N=[NH2+])cc1C)=[N+](\C)[O-]. The van der Waals surface area contributed by atoms with Gasteiger partial charge in [0.1, 0.15) is 26.5 Å². The molecular weight excluding hydrogens is 370 g/mol. The van der Waals surface area contributed by atoms with E-state index >= 15 is 0 Å². The van der Waals surface area contributed by atoms with Crippen LogP contribution in [0.4, 0.5) is 10.5 Å². The maximum atomic E-state index is 12.1. The van der Waals surface area contributed by atoms with E-state index < -0.39 is 6.03 Å². The fourth-order valence-electron chi connectivity index (χ4n) is 2.91. The number of hydrogen-bond acceptors (Lipinski definition) is 4. The van der Waals surface area contributed by atoms with Gasteiger partial charge in [0.2, 0.25) is 0 Å². The molecular formula is C21H28N5O3+. The third-order valence-electron chi connectivity index (χ3n) is 4.88. The summed E-state index contributed by atoms with van der Waals surface area (Å²) in [6.45, 7) is 7.90. The Morgan fingerprint density at radius 1 is 1.24 bits per heavy atom. The molecule has 2 aromatic rings. The molecule has 0 saturated carbocycles. The minimum absolute atomic E-state index is 0.273. The Balaban J connectivity index is 2.28. The molecule has 0 aliphatic heterocycles. The topological polar surface area (TPSA) is 106 Å². The third kappa shape index (κ3) is 5.10. The van der Waals surface area contributed by atoms with Crippen molar-refractivity contribution in [3.8, 4) is 5.75 Å². The number of rotatable bonds is 6. The third-order valence-corrected chi connectivity index (χ3v) is 4.88. The second kappa shape index (κ2) is 9.18. The van der Waals surface area contributed by atoms with Crippen LogP contribution >= 0.6 is 0 Å². The zero-order valence-corrected chi connectivity index (χ0v) is 17.7. The molecule has 0 fully saturated rings. The highest BCUT2D eigenvalue weighted by atomic mass is 16.5. The number of urea groups is 1. The molecule has 29 heavy (non-hydrogen) atoms. The number of carbonyl (C=O) groups is 1. The van der Waals surface area contributed by atoms with Crippen molar-refractivity contribution in [2.45, 2.75) is 34.3 Å². The van der Waals surface area contributed by atoms with Gasteiger partial charge in [0.15, 0.2) is 5.71 Å². The quantitative estimate of drug-likeness (QED) is 0.257. The smallest absolute Gasteiger partial charge is 0.433 e. The predicted octanol–water partition coefficient (Wildman–Crippen LogP) is 2.73. The van der Waals surface area contributed by atoms with E-state index in [1.54, 1.807) is 13.0 Å². The van der Waals surface area contributed by atoms with Crippen LogP contribution in [0, 0.1) is 26.0 Å². The van der Waals surface area contributed by atoms with Crippen molar-refractivity contribution < 1.29 is 19.8 Å². The summed E-state index contributed by atoms with van der Waals surface area (Å²) in [6, 6.07) is 9.05. The standard InChI is InChI=1S/C21H27N5O3/c1-13-8-7-9-19(23-21(27)25(5)24-22)18(13)12-29-20-11-14(2)17(10-15(20)3)16(4)26(6)28/h7-11,22H,12H2,1-6H3,(H,23,27)/p+1/b24-22?,26-16-. The summed E-state index contributed by atoms with van der Waals surface area (Å²) in [5, 5.41) is 18.8. The normalized spacial score (nSPS) is 11.5. The molecule has 154 valence electrons. The number of aryl methyl sites for hydroxylation is 3. The van der Waals surface area contributed by atoms with Crippen LogP contribution in [-0.4, -0.2) is 35.6 Å². The molecule has 0 radical (unpaired) electrons. The molecule has 0 heterocycles. The molecule has 2 aromatic carbocycles. The number of benzene rings is 2. The van der Waals surface area contributed by atoms with Crippen molar-refractivity contribution in [3.63, 3.8) is 0 Å². The second-order valence-electron chi connectivity index (χ2n) is 6.97. The Bertz CT molecular complexity index is 965. The van der Waals surface area contributed by atoms with E-state index in [9.17, 15) is 10.0 Å². The lowest BCUT2D eigenvalue weighted by Crippen LogP contribution is -2.37. The zero-order chi connectivity index (χ0) is 21.7. The van der Waals surface area contributed by atoms with Gasteiger partial charge in [0, 0.05) is 18.1 Å². The van der Waals surface area contributed by atoms with Gasteiger partial charge in [-0.05, 0) is 55.7 Å². The lowest BCUT2D eigenvalue weighted by Gasteiger charge is -2.17. The molecule has 2 rings (SSSR count). The van der Waals surface area contributed by atoms with E-state index in [4.69, 9.17) is 10.3 Å². The molecule has 0 aliphatic rings. The lowest BCUT2D eigenvalue weighted by atomic mass is 10.0. The number of nitrogens with one attached hydrogen (secondary N) is 1. The summed E-state index contributed by atoms with van der Waals surface area (Å²) < 4.78 is 6.93. The van der Waals surface area contributed by atoms with Gasteiger partial charge in [-0.2, -0.15) is 5.53 Å². The second-order valence-corrected chi connectivity index (χ2v) is 6.97. The van der Waals surface area contributed by atoms with Gasteiger partial charge in [0.25, 0.3) is 0 Å². The summed E-state index contributed by atoms with van der Waals surface area (Å²) >= 11 is 0. The van der Waals surface area contributed by atoms with Crippen LogP contribution in [0.1, 0.15) is 34.7 Å². The van der Waals surface area contributed by atoms with Crippen molar-refractivity contribution >= 4 is 17.4 Å². The fraction of sp³-hybridized carbons (Fsp3) is 0.333. The molecule has 0 saturated heterocycles. The first-order valence-electron chi connectivity index (χ1n) is 9.18. The van der Waals surface area contributed by atoms with Crippen LogP contribution in [0.2, 0.25) is 0 Å². The average molecular weight is 398 g/mol. The summed E-state index contributed by atoms with van der Waals surface area (Å²) in [5.74, 6) is 0.724. The molecule has 0 atom stereocenters. The Morgan fingerprint density at radius 3 is 2.55 bits per heavy atom. The van der Waals surface area contributed by atoms with E-state index in [0.717, 1.165) is 43.3 Å². The fourth-order valence-corrected chi connectivity index (χ4v) is 2.91. The van der Waals surface area contributed by atoms with Gasteiger partial charge in [-0.15, -0.1) is 0 Å². The number of hydroxylamine groups is 1. The molecule has 0 aliphatic carbocycles. The molecule has 8 nitrogen and oxygen atoms in total. The first kappa shape index (κ1) is 21.9. The Kier molecular flexibility index (Phi) is 6.93. The molecule has 2 amide bonds. The molecule has 0 aromatic heterocycles. The predicted molar refractivity (Wildman–Crippen MR) is 112 cm³/mol. The first-order chi connectivity index (χ1) is 13.6. The van der Waals surface area contributed by atoms with Crippen molar-refractivity contribution in [1.29, 1.82) is 0 Å². The van der Waals surface area contributed by atoms with Crippen LogP contribution in [0.3, 0.4) is 0 Å². The zero-order valence-electron chi connectivity index (χ0n) is 17.7. The van der Waals surface area contributed by atoms with Gasteiger partial charge >= 0.3 is 6.03 Å². The number of anilines is 1. The van der Waals surface area contributed by atoms with Crippen molar-refractivity contribution in [2.75, 3.05) is 19.4 Å². The Labute approximate surface area is 170 Å². The Hall–Kier alpha value is -3.42. The summed E-state index contributed by atoms with van der Waals surface area (Å²) in [6.07, 6.45) is 0. The minimum atomic E-state index is -0.441. The highest BCUT2D eigenvalue weighted by Gasteiger charge is 2.18. The number of amides is 2. The maximum Gasteiger partial charge on any atom is 0.433 e. The van der Waals surface area contributed by atoms with E-state index in [-0.39, 0.29) is 6.61 Å². The van der Waals surface area contributed by atoms with Gasteiger partial charge < -0.3 is 9.94 Å². The van der Waals surface area contributed by atoms with Crippen molar-refractivity contribution in [2.24, 2.45) is 5.22 Å². The van der Waals surface area contributed by atoms with Crippen LogP contribution in [-0.2, 0) is 6.61 Å². The van der Waals surface area contributed by atoms with Gasteiger partial charge in [-0.3, -0.25) is 5.32 Å². The van der Waals surface area contributed by atoms with Gasteiger partial charge in [-0.1, -0.05) is 17.1 Å². The number of ether oxygens (including phenoxy) is 1. The van der Waals surface area contributed by atoms with Gasteiger partial charge in [0.05, 0.1) is 10.9 Å². The van der Waals surface area contributed by atoms with Crippen molar-refractivity contribution in [1.82, 2.24) is 5.01 Å². The monoisotopic (exact) mass is 398 g/mol. The maximum absolute atomic E-state index is 12.1. The number of nitrogens with two attached hydrogens (primary N) is 1. The lowest BCUT2D eigenvalue weighted by molar-refractivity contribution is -0.422. The van der Waals surface area contributed by atoms with E-state index in [1.165, 1.54) is 14.1 Å². The number of hydrogen-bond donors (Lipinski definition) is 2.